The predicted molar refractivity (Wildman–Crippen MR) is 88.4 cm³/mol. The fourth-order valence-electron chi connectivity index (χ4n) is 3.03. The standard InChI is InChI=1S/C17H12F6N6/c18-10-6-12(20)11(19)4-8(10)3-9(24)5-14-26-27-16-15-25-13(17(21,22)23)7-28(15)1-2-29(14)16/h1-2,4,6-7,9H,3,5,24H2/t9-/m1/s1. The molecule has 0 saturated heterocycles. The minimum Gasteiger partial charge on any atom is -0.327 e. The molecule has 4 rings (SSSR count). The number of hydrogen-bond donors (Lipinski definition) is 1. The summed E-state index contributed by atoms with van der Waals surface area (Å²) in [6.07, 6.45) is -1.02. The molecule has 0 unspecified atom stereocenters. The molecule has 0 fully saturated rings. The Morgan fingerprint density at radius 3 is 2.38 bits per heavy atom. The third-order valence-electron chi connectivity index (χ3n) is 4.38. The van der Waals surface area contributed by atoms with Gasteiger partial charge in [0.2, 0.25) is 5.65 Å². The van der Waals surface area contributed by atoms with Crippen molar-refractivity contribution in [1.82, 2.24) is 24.0 Å². The molecule has 0 aliphatic rings. The molecule has 2 N–H and O–H groups in total. The van der Waals surface area contributed by atoms with Gasteiger partial charge in [-0.25, -0.2) is 18.2 Å². The zero-order chi connectivity index (χ0) is 20.9. The second-order valence-electron chi connectivity index (χ2n) is 6.49. The van der Waals surface area contributed by atoms with Crippen molar-refractivity contribution in [1.29, 1.82) is 0 Å². The molecule has 1 aromatic carbocycles. The van der Waals surface area contributed by atoms with E-state index < -0.39 is 35.4 Å². The Hall–Kier alpha value is -3.15. The Labute approximate surface area is 158 Å². The molecule has 6 nitrogen and oxygen atoms in total. The number of alkyl halides is 3. The van der Waals surface area contributed by atoms with Crippen LogP contribution in [0, 0.1) is 17.5 Å². The number of aromatic nitrogens is 5. The van der Waals surface area contributed by atoms with Crippen LogP contribution in [0.2, 0.25) is 0 Å². The van der Waals surface area contributed by atoms with Crippen molar-refractivity contribution in [2.75, 3.05) is 0 Å². The minimum atomic E-state index is -4.61. The van der Waals surface area contributed by atoms with E-state index in [9.17, 15) is 26.3 Å². The van der Waals surface area contributed by atoms with Crippen LogP contribution in [-0.2, 0) is 19.0 Å². The van der Waals surface area contributed by atoms with Gasteiger partial charge in [0.1, 0.15) is 11.6 Å². The second kappa shape index (κ2) is 6.72. The van der Waals surface area contributed by atoms with E-state index in [-0.39, 0.29) is 29.7 Å². The highest BCUT2D eigenvalue weighted by Crippen LogP contribution is 2.29. The van der Waals surface area contributed by atoms with E-state index in [0.29, 0.717) is 11.9 Å². The Kier molecular flexibility index (Phi) is 4.45. The average molecular weight is 414 g/mol. The highest BCUT2D eigenvalue weighted by atomic mass is 19.4. The molecule has 0 bridgehead atoms. The van der Waals surface area contributed by atoms with Crippen LogP contribution in [0.3, 0.4) is 0 Å². The number of nitrogens with two attached hydrogens (primary N) is 1. The van der Waals surface area contributed by atoms with E-state index in [1.54, 1.807) is 0 Å². The van der Waals surface area contributed by atoms with E-state index >= 15 is 0 Å². The molecule has 29 heavy (non-hydrogen) atoms. The summed E-state index contributed by atoms with van der Waals surface area (Å²) in [6.45, 7) is 0. The molecule has 1 atom stereocenters. The van der Waals surface area contributed by atoms with Crippen LogP contribution in [0.1, 0.15) is 17.1 Å². The van der Waals surface area contributed by atoms with Gasteiger partial charge in [0.05, 0.1) is 0 Å². The van der Waals surface area contributed by atoms with Crippen molar-refractivity contribution in [2.24, 2.45) is 5.73 Å². The van der Waals surface area contributed by atoms with Gasteiger partial charge in [0.25, 0.3) is 0 Å². The highest BCUT2D eigenvalue weighted by Gasteiger charge is 2.34. The van der Waals surface area contributed by atoms with Gasteiger partial charge >= 0.3 is 6.18 Å². The molecule has 0 radical (unpaired) electrons. The molecule has 0 spiro atoms. The lowest BCUT2D eigenvalue weighted by Crippen LogP contribution is -2.27. The van der Waals surface area contributed by atoms with Gasteiger partial charge in [0, 0.05) is 37.1 Å². The van der Waals surface area contributed by atoms with Crippen LogP contribution in [0.15, 0.2) is 30.7 Å². The van der Waals surface area contributed by atoms with Gasteiger partial charge in [-0.3, -0.25) is 4.40 Å². The Morgan fingerprint density at radius 2 is 1.66 bits per heavy atom. The van der Waals surface area contributed by atoms with Crippen molar-refractivity contribution in [3.8, 4) is 0 Å². The molecular weight excluding hydrogens is 402 g/mol. The number of rotatable bonds is 4. The summed E-state index contributed by atoms with van der Waals surface area (Å²) in [5.41, 5.74) is 4.86. The van der Waals surface area contributed by atoms with E-state index in [4.69, 9.17) is 5.73 Å². The molecule has 3 aromatic heterocycles. The zero-order valence-corrected chi connectivity index (χ0v) is 14.5. The van der Waals surface area contributed by atoms with Gasteiger partial charge in [-0.1, -0.05) is 0 Å². The molecule has 0 saturated carbocycles. The first kappa shape index (κ1) is 19.2. The van der Waals surface area contributed by atoms with Gasteiger partial charge < -0.3 is 10.1 Å². The van der Waals surface area contributed by atoms with Crippen molar-refractivity contribution in [3.05, 3.63) is 65.3 Å². The molecule has 152 valence electrons. The van der Waals surface area contributed by atoms with E-state index in [0.717, 1.165) is 12.3 Å². The van der Waals surface area contributed by atoms with E-state index in [1.807, 2.05) is 0 Å². The lowest BCUT2D eigenvalue weighted by Gasteiger charge is -2.11. The molecule has 0 aliphatic heterocycles. The average Bonchev–Trinajstić information content (AvgIpc) is 3.23. The number of fused-ring (bicyclic) bond motifs is 3. The smallest absolute Gasteiger partial charge is 0.327 e. The Balaban J connectivity index is 1.62. The monoisotopic (exact) mass is 414 g/mol. The quantitative estimate of drug-likeness (QED) is 0.412. The topological polar surface area (TPSA) is 73.5 Å². The first-order valence-corrected chi connectivity index (χ1v) is 8.31. The van der Waals surface area contributed by atoms with E-state index in [2.05, 4.69) is 15.2 Å². The number of hydrogen-bond acceptors (Lipinski definition) is 4. The SMILES string of the molecule is N[C@H](Cc1cc(F)c(F)cc1F)Cc1nnc2c3nc(C(F)(F)F)cn3ccn12. The molecular formula is C17H12F6N6. The van der Waals surface area contributed by atoms with Crippen molar-refractivity contribution < 1.29 is 26.3 Å². The lowest BCUT2D eigenvalue weighted by molar-refractivity contribution is -0.140. The predicted octanol–water partition coefficient (Wildman–Crippen LogP) is 2.93. The fourth-order valence-corrected chi connectivity index (χ4v) is 3.03. The van der Waals surface area contributed by atoms with E-state index in [1.165, 1.54) is 21.2 Å². The molecule has 3 heterocycles. The summed E-state index contributed by atoms with van der Waals surface area (Å²) in [5, 5.41) is 7.79. The third kappa shape index (κ3) is 3.50. The van der Waals surface area contributed by atoms with Crippen molar-refractivity contribution >= 4 is 11.3 Å². The molecule has 12 heteroatoms. The first-order chi connectivity index (χ1) is 13.6. The van der Waals surface area contributed by atoms with Crippen LogP contribution in [-0.4, -0.2) is 30.0 Å². The summed E-state index contributed by atoms with van der Waals surface area (Å²) in [4.78, 5) is 3.56. The number of nitrogens with zero attached hydrogens (tertiary/aromatic N) is 5. The van der Waals surface area contributed by atoms with Crippen LogP contribution in [0.5, 0.6) is 0 Å². The van der Waals surface area contributed by atoms with Crippen molar-refractivity contribution in [2.45, 2.75) is 25.1 Å². The maximum absolute atomic E-state index is 13.8. The summed E-state index contributed by atoms with van der Waals surface area (Å²) in [6, 6.07) is 0.444. The summed E-state index contributed by atoms with van der Waals surface area (Å²) >= 11 is 0. The normalized spacial score (nSPS) is 13.5. The summed E-state index contributed by atoms with van der Waals surface area (Å²) < 4.78 is 81.4. The van der Waals surface area contributed by atoms with Crippen LogP contribution in [0.4, 0.5) is 26.3 Å². The highest BCUT2D eigenvalue weighted by molar-refractivity contribution is 5.66. The summed E-state index contributed by atoms with van der Waals surface area (Å²) in [5.74, 6) is -3.12. The largest absolute Gasteiger partial charge is 0.434 e. The summed E-state index contributed by atoms with van der Waals surface area (Å²) in [7, 11) is 0. The van der Waals surface area contributed by atoms with Crippen LogP contribution in [0.25, 0.3) is 11.3 Å². The Morgan fingerprint density at radius 1 is 0.931 bits per heavy atom. The molecule has 4 aromatic rings. The first-order valence-electron chi connectivity index (χ1n) is 8.31. The molecule has 0 aliphatic carbocycles. The van der Waals surface area contributed by atoms with Crippen LogP contribution < -0.4 is 5.73 Å². The van der Waals surface area contributed by atoms with Crippen LogP contribution >= 0.6 is 0 Å². The fraction of sp³-hybridized carbons (Fsp3) is 0.235. The maximum atomic E-state index is 13.8. The Bertz CT molecular complexity index is 1210. The third-order valence-corrected chi connectivity index (χ3v) is 4.38. The van der Waals surface area contributed by atoms with Gasteiger partial charge in [-0.05, 0) is 18.1 Å². The lowest BCUT2D eigenvalue weighted by atomic mass is 10.0. The van der Waals surface area contributed by atoms with Gasteiger partial charge in [-0.15, -0.1) is 10.2 Å². The maximum Gasteiger partial charge on any atom is 0.434 e. The molecule has 0 amide bonds. The number of benzene rings is 1. The van der Waals surface area contributed by atoms with Gasteiger partial charge in [-0.2, -0.15) is 13.2 Å². The second-order valence-corrected chi connectivity index (χ2v) is 6.49. The number of imidazole rings is 1. The number of halogens is 6. The zero-order valence-electron chi connectivity index (χ0n) is 14.5. The van der Waals surface area contributed by atoms with Gasteiger partial charge in [0.15, 0.2) is 23.0 Å². The van der Waals surface area contributed by atoms with Crippen molar-refractivity contribution in [3.63, 3.8) is 0 Å². The minimum absolute atomic E-state index is 0.0428.